The molecule has 0 aromatic heterocycles. The highest BCUT2D eigenvalue weighted by Crippen LogP contribution is 2.11. The second-order valence-corrected chi connectivity index (χ2v) is 4.36. The lowest BCUT2D eigenvalue weighted by Crippen LogP contribution is -1.99. The molecule has 0 rings (SSSR count). The molecule has 0 aliphatic heterocycles. The van der Waals surface area contributed by atoms with E-state index in [1.54, 1.807) is 0 Å². The van der Waals surface area contributed by atoms with E-state index in [4.69, 9.17) is 0 Å². The Morgan fingerprint density at radius 1 is 0.875 bits per heavy atom. The molecule has 0 amide bonds. The van der Waals surface area contributed by atoms with E-state index in [-0.39, 0.29) is 5.97 Å². The number of methoxy groups -OCH3 is 1. The fraction of sp³-hybridized carbons (Fsp3) is 0.857. The Labute approximate surface area is 101 Å². The quantitative estimate of drug-likeness (QED) is 0.389. The van der Waals surface area contributed by atoms with Crippen LogP contribution in [0.2, 0.25) is 0 Å². The fourth-order valence-electron chi connectivity index (χ4n) is 1.79. The molecular weight excluding hydrogens is 200 g/mol. The van der Waals surface area contributed by atoms with Gasteiger partial charge < -0.3 is 4.74 Å². The lowest BCUT2D eigenvalue weighted by molar-refractivity contribution is -0.140. The van der Waals surface area contributed by atoms with Crippen molar-refractivity contribution in [1.82, 2.24) is 0 Å². The van der Waals surface area contributed by atoms with Crippen LogP contribution in [0.3, 0.4) is 0 Å². The van der Waals surface area contributed by atoms with Crippen molar-refractivity contribution in [1.29, 1.82) is 0 Å². The van der Waals surface area contributed by atoms with Gasteiger partial charge >= 0.3 is 5.97 Å². The van der Waals surface area contributed by atoms with Crippen LogP contribution in [0.4, 0.5) is 0 Å². The van der Waals surface area contributed by atoms with Gasteiger partial charge in [-0.2, -0.15) is 0 Å². The number of ether oxygens (including phenoxy) is 1. The van der Waals surface area contributed by atoms with E-state index in [9.17, 15) is 4.79 Å². The highest BCUT2D eigenvalue weighted by atomic mass is 16.5. The molecule has 0 aliphatic carbocycles. The number of esters is 1. The van der Waals surface area contributed by atoms with Crippen molar-refractivity contribution >= 4 is 5.97 Å². The zero-order valence-corrected chi connectivity index (χ0v) is 10.8. The maximum Gasteiger partial charge on any atom is 0.305 e. The summed E-state index contributed by atoms with van der Waals surface area (Å²) >= 11 is 0. The van der Waals surface area contributed by atoms with E-state index in [1.165, 1.54) is 52.1 Å². The molecule has 0 aromatic rings. The minimum atomic E-state index is -0.0758. The van der Waals surface area contributed by atoms with Gasteiger partial charge in [0.25, 0.3) is 0 Å². The van der Waals surface area contributed by atoms with Gasteiger partial charge in [0.2, 0.25) is 0 Å². The zero-order chi connectivity index (χ0) is 12.1. The lowest BCUT2D eigenvalue weighted by atomic mass is 10.1. The van der Waals surface area contributed by atoms with Crippen molar-refractivity contribution in [3.05, 3.63) is 6.92 Å². The molecule has 0 aromatic carbocycles. The molecule has 0 heterocycles. The van der Waals surface area contributed by atoms with Gasteiger partial charge in [-0.05, 0) is 6.42 Å². The maximum absolute atomic E-state index is 10.8. The van der Waals surface area contributed by atoms with Gasteiger partial charge in [0.05, 0.1) is 7.11 Å². The Balaban J connectivity index is 2.96. The predicted molar refractivity (Wildman–Crippen MR) is 68.2 cm³/mol. The van der Waals surface area contributed by atoms with Crippen molar-refractivity contribution in [3.63, 3.8) is 0 Å². The second kappa shape index (κ2) is 12.5. The number of carbonyl (C=O) groups is 1. The minimum absolute atomic E-state index is 0.0758. The Kier molecular flexibility index (Phi) is 12.1. The van der Waals surface area contributed by atoms with Crippen LogP contribution in [0.15, 0.2) is 0 Å². The Morgan fingerprint density at radius 3 is 1.75 bits per heavy atom. The molecule has 0 N–H and O–H groups in total. The van der Waals surface area contributed by atoms with E-state index in [2.05, 4.69) is 11.7 Å². The van der Waals surface area contributed by atoms with Crippen LogP contribution in [0, 0.1) is 6.92 Å². The normalized spacial score (nSPS) is 10.4. The van der Waals surface area contributed by atoms with Crippen LogP contribution in [0.1, 0.15) is 70.6 Å². The number of hydrogen-bond acceptors (Lipinski definition) is 2. The molecule has 95 valence electrons. The summed E-state index contributed by atoms with van der Waals surface area (Å²) in [6.45, 7) is 3.84. The van der Waals surface area contributed by atoms with Crippen molar-refractivity contribution in [3.8, 4) is 0 Å². The number of unbranched alkanes of at least 4 members (excludes halogenated alkanes) is 9. The molecule has 0 saturated carbocycles. The van der Waals surface area contributed by atoms with Gasteiger partial charge in [-0.15, -0.1) is 0 Å². The highest BCUT2D eigenvalue weighted by molar-refractivity contribution is 5.68. The van der Waals surface area contributed by atoms with Crippen molar-refractivity contribution in [2.75, 3.05) is 7.11 Å². The van der Waals surface area contributed by atoms with Gasteiger partial charge in [-0.1, -0.05) is 64.7 Å². The topological polar surface area (TPSA) is 26.3 Å². The summed E-state index contributed by atoms with van der Waals surface area (Å²) in [6.07, 6.45) is 13.0. The largest absolute Gasteiger partial charge is 0.469 e. The summed E-state index contributed by atoms with van der Waals surface area (Å²) in [5.41, 5.74) is 0. The molecule has 16 heavy (non-hydrogen) atoms. The number of rotatable bonds is 11. The molecule has 0 spiro atoms. The first kappa shape index (κ1) is 15.5. The highest BCUT2D eigenvalue weighted by Gasteiger charge is 1.98. The molecule has 1 radical (unpaired) electrons. The molecule has 0 fully saturated rings. The summed E-state index contributed by atoms with van der Waals surface area (Å²) < 4.78 is 4.59. The molecule has 0 atom stereocenters. The van der Waals surface area contributed by atoms with Gasteiger partial charge in [0.15, 0.2) is 0 Å². The molecule has 2 nitrogen and oxygen atoms in total. The molecule has 0 bridgehead atoms. The van der Waals surface area contributed by atoms with Crippen LogP contribution in [-0.2, 0) is 9.53 Å². The smallest absolute Gasteiger partial charge is 0.305 e. The maximum atomic E-state index is 10.8. The number of carbonyl (C=O) groups excluding carboxylic acids is 1. The molecular formula is C14H27O2. The van der Waals surface area contributed by atoms with Crippen molar-refractivity contribution in [2.45, 2.75) is 70.6 Å². The van der Waals surface area contributed by atoms with Crippen LogP contribution in [0.25, 0.3) is 0 Å². The van der Waals surface area contributed by atoms with Gasteiger partial charge in [0, 0.05) is 6.42 Å². The standard InChI is InChI=1S/C14H27O2/c1-3-4-5-6-7-8-9-10-11-12-13-14(15)16-2/h1,3-13H2,2H3. The molecule has 0 aliphatic rings. The first-order valence-electron chi connectivity index (χ1n) is 6.67. The van der Waals surface area contributed by atoms with E-state index in [1.807, 2.05) is 0 Å². The molecule has 2 heteroatoms. The van der Waals surface area contributed by atoms with E-state index >= 15 is 0 Å². The van der Waals surface area contributed by atoms with Crippen LogP contribution in [-0.4, -0.2) is 13.1 Å². The van der Waals surface area contributed by atoms with E-state index in [0.717, 1.165) is 19.3 Å². The van der Waals surface area contributed by atoms with Gasteiger partial charge in [0.1, 0.15) is 0 Å². The average molecular weight is 227 g/mol. The van der Waals surface area contributed by atoms with Crippen LogP contribution >= 0.6 is 0 Å². The molecule has 0 saturated heterocycles. The fourth-order valence-corrected chi connectivity index (χ4v) is 1.79. The second-order valence-electron chi connectivity index (χ2n) is 4.36. The van der Waals surface area contributed by atoms with E-state index < -0.39 is 0 Å². The summed E-state index contributed by atoms with van der Waals surface area (Å²) in [5.74, 6) is -0.0758. The third-order valence-corrected chi connectivity index (χ3v) is 2.86. The first-order chi connectivity index (χ1) is 7.81. The van der Waals surface area contributed by atoms with Crippen molar-refractivity contribution < 1.29 is 9.53 Å². The average Bonchev–Trinajstić information content (AvgIpc) is 2.31. The summed E-state index contributed by atoms with van der Waals surface area (Å²) in [5, 5.41) is 0. The SMILES string of the molecule is [CH2]CCCCCCCCCCCC(=O)OC. The predicted octanol–water partition coefficient (Wildman–Crippen LogP) is 4.28. The Bertz CT molecular complexity index is 155. The van der Waals surface area contributed by atoms with Crippen molar-refractivity contribution in [2.24, 2.45) is 0 Å². The van der Waals surface area contributed by atoms with Crippen LogP contribution < -0.4 is 0 Å². The van der Waals surface area contributed by atoms with Crippen LogP contribution in [0.5, 0.6) is 0 Å². The summed E-state index contributed by atoms with van der Waals surface area (Å²) in [7, 11) is 1.45. The first-order valence-corrected chi connectivity index (χ1v) is 6.67. The Hall–Kier alpha value is -0.530. The van der Waals surface area contributed by atoms with Gasteiger partial charge in [-0.25, -0.2) is 0 Å². The summed E-state index contributed by atoms with van der Waals surface area (Å²) in [4.78, 5) is 10.8. The zero-order valence-electron chi connectivity index (χ0n) is 10.8. The molecule has 0 unspecified atom stereocenters. The third-order valence-electron chi connectivity index (χ3n) is 2.86. The minimum Gasteiger partial charge on any atom is -0.469 e. The summed E-state index contributed by atoms with van der Waals surface area (Å²) in [6, 6.07) is 0. The Morgan fingerprint density at radius 2 is 1.31 bits per heavy atom. The van der Waals surface area contributed by atoms with E-state index in [0.29, 0.717) is 6.42 Å². The van der Waals surface area contributed by atoms with Gasteiger partial charge in [-0.3, -0.25) is 4.79 Å². The lowest BCUT2D eigenvalue weighted by Gasteiger charge is -2.01. The number of hydrogen-bond donors (Lipinski definition) is 0. The third kappa shape index (κ3) is 11.5. The monoisotopic (exact) mass is 227 g/mol.